The van der Waals surface area contributed by atoms with Gasteiger partial charge in [-0.15, -0.1) is 0 Å². The molecule has 4 aromatic rings. The first-order valence-corrected chi connectivity index (χ1v) is 14.2. The van der Waals surface area contributed by atoms with Gasteiger partial charge in [-0.1, -0.05) is 54.6 Å². The van der Waals surface area contributed by atoms with E-state index >= 15 is 0 Å². The molecule has 0 radical (unpaired) electrons. The van der Waals surface area contributed by atoms with Crippen LogP contribution in [0.25, 0.3) is 22.3 Å². The van der Waals surface area contributed by atoms with Gasteiger partial charge in [-0.2, -0.15) is 0 Å². The fraction of sp³-hybridized carbons (Fsp3) is 0.294. The summed E-state index contributed by atoms with van der Waals surface area (Å²) in [6, 6.07) is 21.1. The molecule has 0 aliphatic rings. The number of aliphatic hydroxyl groups excluding tert-OH is 2. The molecule has 226 valence electrons. The Morgan fingerprint density at radius 2 is 1.40 bits per heavy atom. The van der Waals surface area contributed by atoms with E-state index in [0.717, 1.165) is 16.8 Å². The van der Waals surface area contributed by atoms with E-state index in [2.05, 4.69) is 5.32 Å². The summed E-state index contributed by atoms with van der Waals surface area (Å²) in [5, 5.41) is 32.8. The smallest absolute Gasteiger partial charge is 0.305 e. The van der Waals surface area contributed by atoms with Crippen LogP contribution in [-0.2, 0) is 17.8 Å². The number of halogens is 2. The normalized spacial score (nSPS) is 12.7. The van der Waals surface area contributed by atoms with Gasteiger partial charge >= 0.3 is 5.97 Å². The SMILES string of the molecule is CC(C)n1c(CC[C@@H](O)C[C@@H](O)CC(=O)O)c(-c2ccc(F)cc2)c(-c2ccccc2)c1C(=O)NCc1ccc(F)cc1. The Morgan fingerprint density at radius 3 is 1.98 bits per heavy atom. The molecule has 0 saturated carbocycles. The maximum atomic E-state index is 14.0. The van der Waals surface area contributed by atoms with E-state index in [1.165, 1.54) is 24.3 Å². The highest BCUT2D eigenvalue weighted by atomic mass is 19.1. The van der Waals surface area contributed by atoms with Crippen molar-refractivity contribution in [3.05, 3.63) is 107 Å². The molecule has 43 heavy (non-hydrogen) atoms. The minimum absolute atomic E-state index is 0.114. The number of carbonyl (C=O) groups is 2. The highest BCUT2D eigenvalue weighted by Crippen LogP contribution is 2.42. The number of hydrogen-bond donors (Lipinski definition) is 4. The molecular weight excluding hydrogens is 554 g/mol. The lowest BCUT2D eigenvalue weighted by molar-refractivity contribution is -0.139. The number of benzene rings is 3. The standard InChI is InChI=1S/C34H36F2N2O5/c1-21(2)38-29(17-16-27(39)18-28(40)19-30(41)42)31(24-10-14-26(36)15-11-24)32(23-6-4-3-5-7-23)33(38)34(43)37-20-22-8-12-25(35)13-9-22/h3-15,21,27-28,39-40H,16-20H2,1-2H3,(H,37,43)(H,41,42)/t27-,28-/m1/s1. The van der Waals surface area contributed by atoms with Crippen molar-refractivity contribution in [1.82, 2.24) is 9.88 Å². The molecule has 2 atom stereocenters. The third kappa shape index (κ3) is 7.94. The molecule has 3 aromatic carbocycles. The van der Waals surface area contributed by atoms with Crippen LogP contribution in [0.5, 0.6) is 0 Å². The van der Waals surface area contributed by atoms with Crippen molar-refractivity contribution in [2.24, 2.45) is 0 Å². The first-order valence-electron chi connectivity index (χ1n) is 14.2. The van der Waals surface area contributed by atoms with Crippen LogP contribution in [0.2, 0.25) is 0 Å². The van der Waals surface area contributed by atoms with Crippen molar-refractivity contribution in [2.45, 2.75) is 64.3 Å². The highest BCUT2D eigenvalue weighted by molar-refractivity contribution is 6.05. The Balaban J connectivity index is 1.84. The van der Waals surface area contributed by atoms with Crippen LogP contribution in [0.3, 0.4) is 0 Å². The first kappa shape index (κ1) is 31.6. The maximum absolute atomic E-state index is 14.0. The molecule has 1 aromatic heterocycles. The van der Waals surface area contributed by atoms with E-state index in [-0.39, 0.29) is 43.6 Å². The molecule has 4 rings (SSSR count). The van der Waals surface area contributed by atoms with Crippen LogP contribution >= 0.6 is 0 Å². The highest BCUT2D eigenvalue weighted by Gasteiger charge is 2.30. The molecule has 0 spiro atoms. The van der Waals surface area contributed by atoms with Crippen LogP contribution < -0.4 is 5.32 Å². The van der Waals surface area contributed by atoms with E-state index in [1.807, 2.05) is 48.7 Å². The molecular formula is C34H36F2N2O5. The molecule has 1 amide bonds. The number of carboxylic acid groups (broad SMARTS) is 1. The summed E-state index contributed by atoms with van der Waals surface area (Å²) in [7, 11) is 0. The zero-order chi connectivity index (χ0) is 31.1. The number of rotatable bonds is 13. The molecule has 9 heteroatoms. The summed E-state index contributed by atoms with van der Waals surface area (Å²) in [5.74, 6) is -2.30. The maximum Gasteiger partial charge on any atom is 0.305 e. The van der Waals surface area contributed by atoms with Gasteiger partial charge in [0.05, 0.1) is 18.6 Å². The van der Waals surface area contributed by atoms with Gasteiger partial charge in [-0.05, 0) is 74.1 Å². The minimum atomic E-state index is -1.20. The predicted molar refractivity (Wildman–Crippen MR) is 160 cm³/mol. The van der Waals surface area contributed by atoms with Crippen molar-refractivity contribution >= 4 is 11.9 Å². The van der Waals surface area contributed by atoms with Crippen molar-refractivity contribution in [1.29, 1.82) is 0 Å². The topological polar surface area (TPSA) is 112 Å². The minimum Gasteiger partial charge on any atom is -0.481 e. The number of carbonyl (C=O) groups excluding carboxylic acids is 1. The van der Waals surface area contributed by atoms with Gasteiger partial charge in [0.1, 0.15) is 17.3 Å². The van der Waals surface area contributed by atoms with E-state index in [9.17, 15) is 28.6 Å². The number of nitrogens with zero attached hydrogens (tertiary/aromatic N) is 1. The molecule has 0 aliphatic carbocycles. The third-order valence-corrected chi connectivity index (χ3v) is 7.27. The van der Waals surface area contributed by atoms with Gasteiger partial charge in [0.15, 0.2) is 0 Å². The van der Waals surface area contributed by atoms with Gasteiger partial charge in [-0.25, -0.2) is 8.78 Å². The Morgan fingerprint density at radius 1 is 0.814 bits per heavy atom. The number of aliphatic carboxylic acids is 1. The monoisotopic (exact) mass is 590 g/mol. The lowest BCUT2D eigenvalue weighted by Crippen LogP contribution is -2.27. The largest absolute Gasteiger partial charge is 0.481 e. The number of aliphatic hydroxyl groups is 2. The molecule has 0 aliphatic heterocycles. The van der Waals surface area contributed by atoms with E-state index < -0.39 is 30.4 Å². The number of aromatic nitrogens is 1. The number of amides is 1. The summed E-state index contributed by atoms with van der Waals surface area (Å²) in [5.41, 5.74) is 4.66. The van der Waals surface area contributed by atoms with Crippen molar-refractivity contribution in [2.75, 3.05) is 0 Å². The molecule has 0 saturated heterocycles. The van der Waals surface area contributed by atoms with Crippen LogP contribution in [0.15, 0.2) is 78.9 Å². The van der Waals surface area contributed by atoms with E-state index in [1.54, 1.807) is 24.3 Å². The number of hydrogen-bond acceptors (Lipinski definition) is 4. The molecule has 4 N–H and O–H groups in total. The van der Waals surface area contributed by atoms with Crippen LogP contribution in [0, 0.1) is 11.6 Å². The van der Waals surface area contributed by atoms with Crippen molar-refractivity contribution in [3.8, 4) is 22.3 Å². The third-order valence-electron chi connectivity index (χ3n) is 7.27. The summed E-state index contributed by atoms with van der Waals surface area (Å²) < 4.78 is 29.4. The van der Waals surface area contributed by atoms with Gasteiger partial charge in [0.25, 0.3) is 5.91 Å². The van der Waals surface area contributed by atoms with Crippen molar-refractivity contribution in [3.63, 3.8) is 0 Å². The lowest BCUT2D eigenvalue weighted by Gasteiger charge is -2.20. The van der Waals surface area contributed by atoms with Crippen molar-refractivity contribution < 1.29 is 33.7 Å². The average Bonchev–Trinajstić information content (AvgIpc) is 3.31. The molecule has 0 fully saturated rings. The second kappa shape index (κ2) is 14.2. The zero-order valence-corrected chi connectivity index (χ0v) is 24.1. The average molecular weight is 591 g/mol. The zero-order valence-electron chi connectivity index (χ0n) is 24.1. The van der Waals surface area contributed by atoms with E-state index in [0.29, 0.717) is 22.4 Å². The first-order chi connectivity index (χ1) is 20.5. The second-order valence-corrected chi connectivity index (χ2v) is 10.9. The fourth-order valence-electron chi connectivity index (χ4n) is 5.38. The Hall–Kier alpha value is -4.34. The molecule has 0 bridgehead atoms. The van der Waals surface area contributed by atoms with E-state index in [4.69, 9.17) is 5.11 Å². The van der Waals surface area contributed by atoms with Crippen LogP contribution in [0.4, 0.5) is 8.78 Å². The number of nitrogens with one attached hydrogen (secondary N) is 1. The summed E-state index contributed by atoms with van der Waals surface area (Å²) in [4.78, 5) is 25.0. The number of carboxylic acids is 1. The molecule has 7 nitrogen and oxygen atoms in total. The van der Waals surface area contributed by atoms with Gasteiger partial charge in [0, 0.05) is 29.4 Å². The van der Waals surface area contributed by atoms with Gasteiger partial charge < -0.3 is 25.2 Å². The second-order valence-electron chi connectivity index (χ2n) is 10.9. The Kier molecular flexibility index (Phi) is 10.4. The summed E-state index contributed by atoms with van der Waals surface area (Å²) in [6.45, 7) is 4.05. The lowest BCUT2D eigenvalue weighted by atomic mass is 9.92. The summed E-state index contributed by atoms with van der Waals surface area (Å²) >= 11 is 0. The quantitative estimate of drug-likeness (QED) is 0.150. The summed E-state index contributed by atoms with van der Waals surface area (Å²) in [6.07, 6.45) is -2.31. The molecule has 1 heterocycles. The van der Waals surface area contributed by atoms with Gasteiger partial charge in [-0.3, -0.25) is 9.59 Å². The van der Waals surface area contributed by atoms with Gasteiger partial charge in [0.2, 0.25) is 0 Å². The van der Waals surface area contributed by atoms with Crippen LogP contribution in [0.1, 0.15) is 60.9 Å². The predicted octanol–water partition coefficient (Wildman–Crippen LogP) is 6.13. The Bertz CT molecular complexity index is 1530. The van der Waals surface area contributed by atoms with Crippen LogP contribution in [-0.4, -0.2) is 44.0 Å². The Labute approximate surface area is 249 Å². The fourth-order valence-corrected chi connectivity index (χ4v) is 5.38. The molecule has 0 unspecified atom stereocenters.